The molecular formula is C13H12F3NO3. The molecule has 108 valence electrons. The number of methoxy groups -OCH3 is 1. The van der Waals surface area contributed by atoms with E-state index in [-0.39, 0.29) is 11.1 Å². The second-order valence-corrected chi connectivity index (χ2v) is 4.49. The molecule has 0 saturated carbocycles. The summed E-state index contributed by atoms with van der Waals surface area (Å²) in [4.78, 5) is 24.4. The van der Waals surface area contributed by atoms with E-state index < -0.39 is 30.0 Å². The van der Waals surface area contributed by atoms with Crippen LogP contribution in [-0.2, 0) is 9.53 Å². The summed E-state index contributed by atoms with van der Waals surface area (Å²) in [6.07, 6.45) is -4.80. The van der Waals surface area contributed by atoms with Crippen LogP contribution in [0.4, 0.5) is 13.2 Å². The van der Waals surface area contributed by atoms with Gasteiger partial charge in [0.15, 0.2) is 5.92 Å². The van der Waals surface area contributed by atoms with Crippen molar-refractivity contribution in [2.45, 2.75) is 12.2 Å². The SMILES string of the molecule is COC(=O)C(C1c2ccccc2C(=O)N1C)C(F)(F)F. The molecule has 1 aromatic carbocycles. The minimum atomic E-state index is -4.80. The van der Waals surface area contributed by atoms with Gasteiger partial charge in [-0.1, -0.05) is 18.2 Å². The number of alkyl halides is 3. The molecule has 2 rings (SSSR count). The highest BCUT2D eigenvalue weighted by Crippen LogP contribution is 2.44. The Morgan fingerprint density at radius 2 is 1.95 bits per heavy atom. The van der Waals surface area contributed by atoms with Crippen molar-refractivity contribution < 1.29 is 27.5 Å². The number of hydrogen-bond acceptors (Lipinski definition) is 3. The first-order valence-corrected chi connectivity index (χ1v) is 5.79. The molecule has 0 bridgehead atoms. The van der Waals surface area contributed by atoms with Crippen LogP contribution in [0.15, 0.2) is 24.3 Å². The van der Waals surface area contributed by atoms with Crippen molar-refractivity contribution in [2.75, 3.05) is 14.2 Å². The predicted molar refractivity (Wildman–Crippen MR) is 62.8 cm³/mol. The van der Waals surface area contributed by atoms with Crippen LogP contribution < -0.4 is 0 Å². The summed E-state index contributed by atoms with van der Waals surface area (Å²) in [5, 5.41) is 0. The number of fused-ring (bicyclic) bond motifs is 1. The quantitative estimate of drug-likeness (QED) is 0.783. The second-order valence-electron chi connectivity index (χ2n) is 4.49. The van der Waals surface area contributed by atoms with Crippen molar-refractivity contribution in [3.63, 3.8) is 0 Å². The Balaban J connectivity index is 2.55. The molecule has 0 spiro atoms. The third-order valence-electron chi connectivity index (χ3n) is 3.37. The number of rotatable bonds is 2. The van der Waals surface area contributed by atoms with Crippen LogP contribution in [0.5, 0.6) is 0 Å². The van der Waals surface area contributed by atoms with Gasteiger partial charge in [0.05, 0.1) is 13.2 Å². The molecule has 0 saturated heterocycles. The van der Waals surface area contributed by atoms with Crippen molar-refractivity contribution in [2.24, 2.45) is 5.92 Å². The molecule has 4 nitrogen and oxygen atoms in total. The Morgan fingerprint density at radius 3 is 2.50 bits per heavy atom. The number of carbonyl (C=O) groups excluding carboxylic acids is 2. The summed E-state index contributed by atoms with van der Waals surface area (Å²) in [5.41, 5.74) is 0.367. The van der Waals surface area contributed by atoms with Gasteiger partial charge in [-0.15, -0.1) is 0 Å². The molecule has 0 fully saturated rings. The molecule has 0 N–H and O–H groups in total. The zero-order chi connectivity index (χ0) is 15.1. The maximum atomic E-state index is 13.2. The highest BCUT2D eigenvalue weighted by atomic mass is 19.4. The van der Waals surface area contributed by atoms with Crippen LogP contribution in [0.25, 0.3) is 0 Å². The molecule has 0 aromatic heterocycles. The molecule has 7 heteroatoms. The van der Waals surface area contributed by atoms with E-state index in [2.05, 4.69) is 4.74 Å². The van der Waals surface area contributed by atoms with Crippen molar-refractivity contribution in [1.29, 1.82) is 0 Å². The zero-order valence-electron chi connectivity index (χ0n) is 10.8. The number of hydrogen-bond donors (Lipinski definition) is 0. The highest BCUT2D eigenvalue weighted by Gasteiger charge is 2.55. The van der Waals surface area contributed by atoms with E-state index in [1.807, 2.05) is 0 Å². The zero-order valence-corrected chi connectivity index (χ0v) is 10.8. The summed E-state index contributed by atoms with van der Waals surface area (Å²) in [5.74, 6) is -4.34. The van der Waals surface area contributed by atoms with Crippen molar-refractivity contribution >= 4 is 11.9 Å². The smallest absolute Gasteiger partial charge is 0.404 e. The number of ether oxygens (including phenoxy) is 1. The van der Waals surface area contributed by atoms with Gasteiger partial charge in [-0.25, -0.2) is 0 Å². The van der Waals surface area contributed by atoms with Crippen molar-refractivity contribution in [3.8, 4) is 0 Å². The Hall–Kier alpha value is -2.05. The number of benzene rings is 1. The molecule has 0 aliphatic carbocycles. The Kier molecular flexibility index (Phi) is 3.45. The third-order valence-corrected chi connectivity index (χ3v) is 3.37. The van der Waals surface area contributed by atoms with Gasteiger partial charge in [0, 0.05) is 12.6 Å². The number of halogens is 3. The lowest BCUT2D eigenvalue weighted by Crippen LogP contribution is -2.42. The van der Waals surface area contributed by atoms with Crippen molar-refractivity contribution in [3.05, 3.63) is 35.4 Å². The first kappa shape index (κ1) is 14.4. The van der Waals surface area contributed by atoms with Crippen LogP contribution >= 0.6 is 0 Å². The van der Waals surface area contributed by atoms with E-state index in [1.165, 1.54) is 25.2 Å². The number of carbonyl (C=O) groups is 2. The topological polar surface area (TPSA) is 46.6 Å². The average molecular weight is 287 g/mol. The number of esters is 1. The van der Waals surface area contributed by atoms with Gasteiger partial charge in [0.25, 0.3) is 5.91 Å². The summed E-state index contributed by atoms with van der Waals surface area (Å²) < 4.78 is 43.7. The Morgan fingerprint density at radius 1 is 1.35 bits per heavy atom. The normalized spacial score (nSPS) is 19.8. The van der Waals surface area contributed by atoms with E-state index in [0.29, 0.717) is 0 Å². The fourth-order valence-electron chi connectivity index (χ4n) is 2.45. The van der Waals surface area contributed by atoms with Gasteiger partial charge < -0.3 is 9.64 Å². The maximum Gasteiger partial charge on any atom is 0.404 e. The summed E-state index contributed by atoms with van der Waals surface area (Å²) in [7, 11) is 2.14. The summed E-state index contributed by atoms with van der Waals surface area (Å²) in [6.45, 7) is 0. The molecule has 2 unspecified atom stereocenters. The summed E-state index contributed by atoms with van der Waals surface area (Å²) in [6, 6.07) is 4.56. The van der Waals surface area contributed by atoms with Gasteiger partial charge in [-0.3, -0.25) is 9.59 Å². The predicted octanol–water partition coefficient (Wildman–Crippen LogP) is 2.16. The lowest BCUT2D eigenvalue weighted by molar-refractivity contribution is -0.205. The standard InChI is InChI=1S/C13H12F3NO3/c1-17-10(9(12(19)20-2)13(14,15)16)7-5-3-4-6-8(7)11(17)18/h3-6,9-10H,1-2H3. The fourth-order valence-corrected chi connectivity index (χ4v) is 2.45. The third kappa shape index (κ3) is 2.13. The van der Waals surface area contributed by atoms with Crippen LogP contribution in [-0.4, -0.2) is 37.1 Å². The van der Waals surface area contributed by atoms with Crippen LogP contribution in [0.1, 0.15) is 22.0 Å². The molecule has 1 aromatic rings. The first-order chi connectivity index (χ1) is 9.29. The molecule has 1 amide bonds. The van der Waals surface area contributed by atoms with Gasteiger partial charge in [-0.2, -0.15) is 13.2 Å². The molecule has 1 aliphatic heterocycles. The van der Waals surface area contributed by atoms with E-state index in [4.69, 9.17) is 0 Å². The first-order valence-electron chi connectivity index (χ1n) is 5.79. The molecule has 20 heavy (non-hydrogen) atoms. The van der Waals surface area contributed by atoms with Gasteiger partial charge >= 0.3 is 12.1 Å². The lowest BCUT2D eigenvalue weighted by Gasteiger charge is -2.29. The molecule has 1 heterocycles. The minimum Gasteiger partial charge on any atom is -0.468 e. The fraction of sp³-hybridized carbons (Fsp3) is 0.385. The Labute approximate surface area is 113 Å². The minimum absolute atomic E-state index is 0.179. The van der Waals surface area contributed by atoms with E-state index in [1.54, 1.807) is 6.07 Å². The van der Waals surface area contributed by atoms with Crippen LogP contribution in [0.3, 0.4) is 0 Å². The number of nitrogens with zero attached hydrogens (tertiary/aromatic N) is 1. The van der Waals surface area contributed by atoms with Gasteiger partial charge in [-0.05, 0) is 11.6 Å². The van der Waals surface area contributed by atoms with Crippen LogP contribution in [0, 0.1) is 5.92 Å². The largest absolute Gasteiger partial charge is 0.468 e. The monoisotopic (exact) mass is 287 g/mol. The molecule has 0 radical (unpaired) electrons. The van der Waals surface area contributed by atoms with Crippen LogP contribution in [0.2, 0.25) is 0 Å². The lowest BCUT2D eigenvalue weighted by atomic mass is 9.92. The molecule has 2 atom stereocenters. The average Bonchev–Trinajstić information content (AvgIpc) is 2.63. The molecular weight excluding hydrogens is 275 g/mol. The molecule has 1 aliphatic rings. The maximum absolute atomic E-state index is 13.2. The van der Waals surface area contributed by atoms with Gasteiger partial charge in [0.1, 0.15) is 0 Å². The van der Waals surface area contributed by atoms with Gasteiger partial charge in [0.2, 0.25) is 0 Å². The van der Waals surface area contributed by atoms with Crippen molar-refractivity contribution in [1.82, 2.24) is 4.90 Å². The highest BCUT2D eigenvalue weighted by molar-refractivity contribution is 5.99. The van der Waals surface area contributed by atoms with E-state index in [0.717, 1.165) is 12.0 Å². The second kappa shape index (κ2) is 4.81. The number of amides is 1. The Bertz CT molecular complexity index is 556. The van der Waals surface area contributed by atoms with E-state index in [9.17, 15) is 22.8 Å². The summed E-state index contributed by atoms with van der Waals surface area (Å²) >= 11 is 0. The van der Waals surface area contributed by atoms with E-state index >= 15 is 0 Å².